The molecule has 0 aromatic heterocycles. The fourth-order valence-electron chi connectivity index (χ4n) is 4.94. The summed E-state index contributed by atoms with van der Waals surface area (Å²) < 4.78 is 0.0220. The summed E-state index contributed by atoms with van der Waals surface area (Å²) in [7, 11) is 0. The van der Waals surface area contributed by atoms with Crippen molar-refractivity contribution < 1.29 is 0 Å². The number of likely N-dealkylation sites (tertiary alicyclic amines) is 1. The third-order valence-corrected chi connectivity index (χ3v) is 7.56. The molecule has 0 saturated carbocycles. The van der Waals surface area contributed by atoms with Crippen LogP contribution in [0.15, 0.2) is 70.6 Å². The van der Waals surface area contributed by atoms with Crippen LogP contribution < -0.4 is 0 Å². The maximum absolute atomic E-state index is 2.65. The second-order valence-electron chi connectivity index (χ2n) is 7.46. The third-order valence-electron chi connectivity index (χ3n) is 6.47. The molecular weight excluding hydrogens is 393 g/mol. The van der Waals surface area contributed by atoms with E-state index in [1.807, 2.05) is 0 Å². The number of alkyl halides is 1. The lowest BCUT2D eigenvalue weighted by molar-refractivity contribution is 0.323. The van der Waals surface area contributed by atoms with Gasteiger partial charge in [0.15, 0.2) is 0 Å². The number of hydrogen-bond donors (Lipinski definition) is 0. The Morgan fingerprint density at radius 3 is 2.48 bits per heavy atom. The number of halogens is 1. The first-order valence-electron chi connectivity index (χ1n) is 8.51. The zero-order chi connectivity index (χ0) is 16.6. The molecule has 120 valence electrons. The van der Waals surface area contributed by atoms with Crippen LogP contribution in [0.25, 0.3) is 0 Å². The number of hydrogen-bond acceptors (Lipinski definition) is 1. The fourth-order valence-corrected chi connectivity index (χ4v) is 6.11. The van der Waals surface area contributed by atoms with Crippen LogP contribution in [-0.2, 0) is 0 Å². The zero-order valence-corrected chi connectivity index (χ0v) is 16.7. The topological polar surface area (TPSA) is 3.24 Å². The van der Waals surface area contributed by atoms with E-state index in [1.165, 1.54) is 28.1 Å². The Morgan fingerprint density at radius 1 is 1.13 bits per heavy atom. The predicted molar refractivity (Wildman–Crippen MR) is 106 cm³/mol. The molecule has 1 saturated heterocycles. The van der Waals surface area contributed by atoms with Crippen molar-refractivity contribution in [3.63, 3.8) is 0 Å². The highest BCUT2D eigenvalue weighted by Gasteiger charge is 2.57. The molecule has 2 heteroatoms. The van der Waals surface area contributed by atoms with Gasteiger partial charge in [0, 0.05) is 34.3 Å². The third kappa shape index (κ3) is 1.59. The van der Waals surface area contributed by atoms with Crippen LogP contribution in [0.5, 0.6) is 0 Å². The fraction of sp³-hybridized carbons (Fsp3) is 0.429. The molecule has 0 spiro atoms. The van der Waals surface area contributed by atoms with Crippen LogP contribution in [-0.4, -0.2) is 14.9 Å². The summed E-state index contributed by atoms with van der Waals surface area (Å²) in [4.78, 5) is 2.49. The van der Waals surface area contributed by atoms with Crippen molar-refractivity contribution in [3.05, 3.63) is 70.6 Å². The van der Waals surface area contributed by atoms with Crippen molar-refractivity contribution in [1.29, 1.82) is 0 Å². The quantitative estimate of drug-likeness (QED) is 0.391. The number of allylic oxidation sites excluding steroid dienone is 11. The average Bonchev–Trinajstić information content (AvgIpc) is 2.93. The second kappa shape index (κ2) is 4.53. The van der Waals surface area contributed by atoms with Crippen molar-refractivity contribution in [1.82, 2.24) is 4.90 Å². The number of fused-ring (bicyclic) bond motifs is 1. The first-order chi connectivity index (χ1) is 10.8. The van der Waals surface area contributed by atoms with E-state index < -0.39 is 0 Å². The molecule has 1 fully saturated rings. The largest absolute Gasteiger partial charge is 0.344 e. The first-order valence-corrected chi connectivity index (χ1v) is 9.59. The molecule has 23 heavy (non-hydrogen) atoms. The summed E-state index contributed by atoms with van der Waals surface area (Å²) in [5.74, 6) is 0. The van der Waals surface area contributed by atoms with Crippen LogP contribution >= 0.6 is 22.6 Å². The van der Waals surface area contributed by atoms with Gasteiger partial charge in [-0.25, -0.2) is 0 Å². The standard InChI is InChI=1S/C21H24IN/c1-6-17-21(5,22)18-15-11-13-19(3)12-10-14(20(15,19)4)8-9-16(18)23(17)7-2/h6,8-13H,7H2,1-5H3/b17-6+. The van der Waals surface area contributed by atoms with Gasteiger partial charge in [0.25, 0.3) is 0 Å². The highest BCUT2D eigenvalue weighted by Crippen LogP contribution is 2.65. The van der Waals surface area contributed by atoms with E-state index >= 15 is 0 Å². The molecule has 4 aliphatic rings. The monoisotopic (exact) mass is 417 g/mol. The molecule has 1 heterocycles. The van der Waals surface area contributed by atoms with E-state index in [1.54, 1.807) is 0 Å². The summed E-state index contributed by atoms with van der Waals surface area (Å²) in [6, 6.07) is 0. The molecule has 1 nitrogen and oxygen atoms in total. The van der Waals surface area contributed by atoms with E-state index in [2.05, 4.69) is 105 Å². The van der Waals surface area contributed by atoms with Gasteiger partial charge in [-0.3, -0.25) is 0 Å². The lowest BCUT2D eigenvalue weighted by atomic mass is 9.65. The normalized spacial score (nSPS) is 42.2. The lowest BCUT2D eigenvalue weighted by Gasteiger charge is -2.38. The number of nitrogens with zero attached hydrogens (tertiary/aromatic N) is 1. The second-order valence-corrected chi connectivity index (χ2v) is 9.62. The highest BCUT2D eigenvalue weighted by atomic mass is 127. The summed E-state index contributed by atoms with van der Waals surface area (Å²) in [5, 5.41) is 0. The highest BCUT2D eigenvalue weighted by molar-refractivity contribution is 14.1. The summed E-state index contributed by atoms with van der Waals surface area (Å²) >= 11 is 2.65. The van der Waals surface area contributed by atoms with E-state index in [0.717, 1.165) is 6.54 Å². The maximum Gasteiger partial charge on any atom is 0.0861 e. The van der Waals surface area contributed by atoms with Crippen molar-refractivity contribution in [2.45, 2.75) is 38.0 Å². The minimum atomic E-state index is 0.0220. The summed E-state index contributed by atoms with van der Waals surface area (Å²) in [6.07, 6.45) is 16.5. The Morgan fingerprint density at radius 2 is 1.83 bits per heavy atom. The molecule has 4 rings (SSSR count). The summed E-state index contributed by atoms with van der Waals surface area (Å²) in [5.41, 5.74) is 7.43. The van der Waals surface area contributed by atoms with Crippen molar-refractivity contribution in [2.24, 2.45) is 10.8 Å². The van der Waals surface area contributed by atoms with Gasteiger partial charge in [0.2, 0.25) is 0 Å². The van der Waals surface area contributed by atoms with Gasteiger partial charge < -0.3 is 4.90 Å². The maximum atomic E-state index is 2.65. The predicted octanol–water partition coefficient (Wildman–Crippen LogP) is 5.69. The van der Waals surface area contributed by atoms with Crippen molar-refractivity contribution in [2.75, 3.05) is 6.54 Å². The van der Waals surface area contributed by atoms with Gasteiger partial charge in [-0.2, -0.15) is 0 Å². The smallest absolute Gasteiger partial charge is 0.0861 e. The molecule has 3 aliphatic carbocycles. The Balaban J connectivity index is 2.09. The lowest BCUT2D eigenvalue weighted by Crippen LogP contribution is -2.32. The molecule has 0 N–H and O–H groups in total. The first kappa shape index (κ1) is 15.5. The number of rotatable bonds is 1. The van der Waals surface area contributed by atoms with Gasteiger partial charge in [-0.05, 0) is 38.0 Å². The van der Waals surface area contributed by atoms with Gasteiger partial charge in [0.1, 0.15) is 0 Å². The van der Waals surface area contributed by atoms with Crippen molar-refractivity contribution in [3.8, 4) is 0 Å². The van der Waals surface area contributed by atoms with Crippen molar-refractivity contribution >= 4 is 22.6 Å². The molecule has 0 amide bonds. The van der Waals surface area contributed by atoms with Crippen LogP contribution in [0.2, 0.25) is 0 Å². The van der Waals surface area contributed by atoms with E-state index in [0.29, 0.717) is 0 Å². The molecule has 1 aliphatic heterocycles. The SMILES string of the molecule is C/C=C1/N(CC)C2=CC=C3C=CC4(C)C=CC(=C2C1(C)I)C34C. The average molecular weight is 417 g/mol. The van der Waals surface area contributed by atoms with Gasteiger partial charge in [0.05, 0.1) is 3.42 Å². The Labute approximate surface area is 153 Å². The number of likely N-dealkylation sites (N-methyl/N-ethyl adjacent to an activating group) is 1. The molecule has 0 radical (unpaired) electrons. The Hall–Kier alpha value is -1.03. The molecule has 0 aromatic carbocycles. The van der Waals surface area contributed by atoms with E-state index in [-0.39, 0.29) is 14.3 Å². The Kier molecular flexibility index (Phi) is 3.05. The zero-order valence-electron chi connectivity index (χ0n) is 14.6. The molecular formula is C21H24IN. The van der Waals surface area contributed by atoms with E-state index in [9.17, 15) is 0 Å². The van der Waals surface area contributed by atoms with Crippen LogP contribution in [0.4, 0.5) is 0 Å². The Bertz CT molecular complexity index is 787. The van der Waals surface area contributed by atoms with Gasteiger partial charge in [-0.15, -0.1) is 0 Å². The van der Waals surface area contributed by atoms with Gasteiger partial charge >= 0.3 is 0 Å². The van der Waals surface area contributed by atoms with Crippen LogP contribution in [0.3, 0.4) is 0 Å². The molecule has 3 atom stereocenters. The summed E-state index contributed by atoms with van der Waals surface area (Å²) in [6.45, 7) is 12.6. The minimum absolute atomic E-state index is 0.0220. The van der Waals surface area contributed by atoms with Crippen LogP contribution in [0.1, 0.15) is 34.6 Å². The van der Waals surface area contributed by atoms with Crippen LogP contribution in [0, 0.1) is 10.8 Å². The van der Waals surface area contributed by atoms with Gasteiger partial charge in [-0.1, -0.05) is 72.9 Å². The molecule has 0 bridgehead atoms. The van der Waals surface area contributed by atoms with E-state index in [4.69, 9.17) is 0 Å². The molecule has 0 aromatic rings. The minimum Gasteiger partial charge on any atom is -0.344 e. The molecule has 3 unspecified atom stereocenters.